The third kappa shape index (κ3) is 3.43. The van der Waals surface area contributed by atoms with Crippen molar-refractivity contribution >= 4 is 23.3 Å². The van der Waals surface area contributed by atoms with Crippen LogP contribution in [0, 0.1) is 11.3 Å². The smallest absolute Gasteiger partial charge is 0.312 e. The van der Waals surface area contributed by atoms with Gasteiger partial charge in [0.25, 0.3) is 0 Å². The topological polar surface area (TPSA) is 81.7 Å². The van der Waals surface area contributed by atoms with Gasteiger partial charge in [-0.05, 0) is 17.5 Å². The third-order valence-corrected chi connectivity index (χ3v) is 4.52. The number of allylic oxidation sites excluding steroid dienone is 1. The van der Waals surface area contributed by atoms with Crippen LogP contribution in [0.15, 0.2) is 35.6 Å². The minimum atomic E-state index is -0.829. The van der Waals surface area contributed by atoms with Crippen LogP contribution in [0.25, 0.3) is 0 Å². The highest BCUT2D eigenvalue weighted by Gasteiger charge is 2.44. The molecule has 0 saturated carbocycles. The zero-order valence-electron chi connectivity index (χ0n) is 14.5. The first-order valence-electron chi connectivity index (χ1n) is 8.21. The van der Waals surface area contributed by atoms with Crippen LogP contribution in [0.1, 0.15) is 33.1 Å². The number of carbonyl (C=O) groups is 3. The lowest BCUT2D eigenvalue weighted by Crippen LogP contribution is -2.39. The molecule has 6 heteroatoms. The third-order valence-electron chi connectivity index (χ3n) is 4.52. The second-order valence-electron chi connectivity index (χ2n) is 7.20. The van der Waals surface area contributed by atoms with Crippen molar-refractivity contribution in [3.63, 3.8) is 0 Å². The lowest BCUT2D eigenvalue weighted by atomic mass is 9.72. The average molecular weight is 343 g/mol. The number of esters is 1. The van der Waals surface area contributed by atoms with Crippen molar-refractivity contribution in [1.82, 2.24) is 0 Å². The Morgan fingerprint density at radius 2 is 1.96 bits per heavy atom. The van der Waals surface area contributed by atoms with Crippen LogP contribution in [-0.4, -0.2) is 24.8 Å². The molecule has 1 unspecified atom stereocenters. The Hall–Kier alpha value is -2.63. The Morgan fingerprint density at radius 1 is 1.24 bits per heavy atom. The van der Waals surface area contributed by atoms with E-state index in [-0.39, 0.29) is 17.6 Å². The first-order chi connectivity index (χ1) is 11.8. The van der Waals surface area contributed by atoms with E-state index in [1.165, 1.54) is 7.11 Å². The van der Waals surface area contributed by atoms with Crippen LogP contribution in [0.2, 0.25) is 0 Å². The number of amides is 1. The summed E-state index contributed by atoms with van der Waals surface area (Å²) in [4.78, 5) is 37.3. The van der Waals surface area contributed by atoms with Gasteiger partial charge in [-0.2, -0.15) is 0 Å². The number of hydrogen-bond acceptors (Lipinski definition) is 5. The van der Waals surface area contributed by atoms with Crippen molar-refractivity contribution in [1.29, 1.82) is 0 Å². The first kappa shape index (κ1) is 17.2. The zero-order chi connectivity index (χ0) is 18.2. The number of hydrogen-bond donors (Lipinski definition) is 1. The molecule has 1 aliphatic heterocycles. The van der Waals surface area contributed by atoms with Crippen molar-refractivity contribution in [2.45, 2.75) is 33.1 Å². The minimum absolute atomic E-state index is 0.126. The summed E-state index contributed by atoms with van der Waals surface area (Å²) < 4.78 is 10.5. The molecular weight excluding hydrogens is 322 g/mol. The molecule has 25 heavy (non-hydrogen) atoms. The van der Waals surface area contributed by atoms with E-state index in [4.69, 9.17) is 9.47 Å². The number of nitrogens with one attached hydrogen (secondary N) is 1. The largest absolute Gasteiger partial charge is 0.495 e. The van der Waals surface area contributed by atoms with Crippen molar-refractivity contribution in [3.05, 3.63) is 35.6 Å². The van der Waals surface area contributed by atoms with Gasteiger partial charge >= 0.3 is 5.97 Å². The second-order valence-corrected chi connectivity index (χ2v) is 7.20. The molecule has 0 saturated heterocycles. The monoisotopic (exact) mass is 343 g/mol. The summed E-state index contributed by atoms with van der Waals surface area (Å²) >= 11 is 0. The maximum atomic E-state index is 12.8. The summed E-state index contributed by atoms with van der Waals surface area (Å²) in [6.07, 6.45) is 0.673. The lowest BCUT2D eigenvalue weighted by Gasteiger charge is -2.36. The molecule has 0 bridgehead atoms. The highest BCUT2D eigenvalue weighted by Crippen LogP contribution is 2.43. The van der Waals surface area contributed by atoms with E-state index < -0.39 is 17.8 Å². The van der Waals surface area contributed by atoms with Gasteiger partial charge in [0, 0.05) is 18.4 Å². The van der Waals surface area contributed by atoms with Crippen molar-refractivity contribution in [3.8, 4) is 5.75 Å². The van der Waals surface area contributed by atoms with E-state index in [2.05, 4.69) is 5.32 Å². The highest BCUT2D eigenvalue weighted by atomic mass is 16.5. The van der Waals surface area contributed by atoms with E-state index in [0.717, 1.165) is 0 Å². The second kappa shape index (κ2) is 6.35. The van der Waals surface area contributed by atoms with Gasteiger partial charge in [0.15, 0.2) is 5.78 Å². The number of carbonyl (C=O) groups excluding carboxylic acids is 3. The number of anilines is 1. The molecule has 132 valence electrons. The van der Waals surface area contributed by atoms with Crippen LogP contribution in [0.3, 0.4) is 0 Å². The van der Waals surface area contributed by atoms with Crippen LogP contribution in [0.4, 0.5) is 5.69 Å². The van der Waals surface area contributed by atoms with Crippen LogP contribution in [0.5, 0.6) is 5.75 Å². The van der Waals surface area contributed by atoms with E-state index >= 15 is 0 Å². The number of ether oxygens (including phenoxy) is 2. The molecule has 2 aliphatic rings. The number of methoxy groups -OCH3 is 1. The molecule has 1 aliphatic carbocycles. The van der Waals surface area contributed by atoms with Crippen molar-refractivity contribution < 1.29 is 23.9 Å². The summed E-state index contributed by atoms with van der Waals surface area (Å²) in [6, 6.07) is 6.99. The molecule has 0 radical (unpaired) electrons. The Labute approximate surface area is 146 Å². The van der Waals surface area contributed by atoms with Crippen molar-refractivity contribution in [2.75, 3.05) is 12.4 Å². The molecule has 1 amide bonds. The van der Waals surface area contributed by atoms with Gasteiger partial charge in [-0.15, -0.1) is 0 Å². The van der Waals surface area contributed by atoms with Crippen LogP contribution >= 0.6 is 0 Å². The van der Waals surface area contributed by atoms with E-state index in [1.54, 1.807) is 24.3 Å². The van der Waals surface area contributed by atoms with Gasteiger partial charge in [-0.1, -0.05) is 26.0 Å². The van der Waals surface area contributed by atoms with E-state index in [0.29, 0.717) is 35.6 Å². The van der Waals surface area contributed by atoms with Gasteiger partial charge < -0.3 is 14.8 Å². The SMILES string of the molecule is COc1ccccc1NC(=O)C1CC(=O)OC2=C1C(=O)CC(C)(C)C2. The lowest BCUT2D eigenvalue weighted by molar-refractivity contribution is -0.146. The van der Waals surface area contributed by atoms with Crippen molar-refractivity contribution in [2.24, 2.45) is 11.3 Å². The summed E-state index contributed by atoms with van der Waals surface area (Å²) in [6.45, 7) is 3.89. The molecule has 0 spiro atoms. The average Bonchev–Trinajstić information content (AvgIpc) is 2.52. The fourth-order valence-electron chi connectivity index (χ4n) is 3.40. The Bertz CT molecular complexity index is 778. The van der Waals surface area contributed by atoms with Gasteiger partial charge in [0.05, 0.1) is 25.1 Å². The molecule has 1 atom stereocenters. The molecule has 1 N–H and O–H groups in total. The zero-order valence-corrected chi connectivity index (χ0v) is 14.5. The summed E-state index contributed by atoms with van der Waals surface area (Å²) in [7, 11) is 1.51. The first-order valence-corrected chi connectivity index (χ1v) is 8.21. The van der Waals surface area contributed by atoms with E-state index in [9.17, 15) is 14.4 Å². The molecular formula is C19H21NO5. The number of para-hydroxylation sites is 2. The molecule has 6 nitrogen and oxygen atoms in total. The number of benzene rings is 1. The predicted molar refractivity (Wildman–Crippen MR) is 90.9 cm³/mol. The maximum absolute atomic E-state index is 12.8. The maximum Gasteiger partial charge on any atom is 0.312 e. The quantitative estimate of drug-likeness (QED) is 0.854. The number of ketones is 1. The Balaban J connectivity index is 1.91. The molecule has 1 aromatic rings. The number of Topliss-reactive ketones (excluding diaryl/α,β-unsaturated/α-hetero) is 1. The Morgan fingerprint density at radius 3 is 2.68 bits per heavy atom. The summed E-state index contributed by atoms with van der Waals surface area (Å²) in [5.74, 6) is -0.980. The molecule has 0 fully saturated rings. The van der Waals surface area contributed by atoms with Crippen LogP contribution in [-0.2, 0) is 19.1 Å². The molecule has 0 aromatic heterocycles. The Kier molecular flexibility index (Phi) is 4.37. The molecule has 1 heterocycles. The van der Waals surface area contributed by atoms with E-state index in [1.807, 2.05) is 13.8 Å². The fourth-order valence-corrected chi connectivity index (χ4v) is 3.40. The normalized spacial score (nSPS) is 22.1. The molecule has 1 aromatic carbocycles. The van der Waals surface area contributed by atoms with Gasteiger partial charge in [-0.3, -0.25) is 14.4 Å². The predicted octanol–water partition coefficient (Wildman–Crippen LogP) is 2.84. The van der Waals surface area contributed by atoms with Gasteiger partial charge in [0.2, 0.25) is 5.91 Å². The van der Waals surface area contributed by atoms with Gasteiger partial charge in [0.1, 0.15) is 11.5 Å². The highest BCUT2D eigenvalue weighted by molar-refractivity contribution is 6.08. The van der Waals surface area contributed by atoms with Crippen LogP contribution < -0.4 is 10.1 Å². The fraction of sp³-hybridized carbons (Fsp3) is 0.421. The standard InChI is InChI=1S/C19H21NO5/c1-19(2)9-13(21)17-11(8-16(22)25-15(17)10-19)18(23)20-12-6-4-5-7-14(12)24-3/h4-7,11H,8-10H2,1-3H3,(H,20,23). The van der Waals surface area contributed by atoms with Gasteiger partial charge in [-0.25, -0.2) is 0 Å². The summed E-state index contributed by atoms with van der Waals surface area (Å²) in [5, 5.41) is 2.77. The molecule has 3 rings (SSSR count). The summed E-state index contributed by atoms with van der Waals surface area (Å²) in [5.41, 5.74) is 0.558. The number of rotatable bonds is 3. The minimum Gasteiger partial charge on any atom is -0.495 e.